The minimum atomic E-state index is 0.170. The SMILES string of the molecule is CNC(c1ccc2c(c1)COC2)c1cc(C)oc1C. The molecule has 1 aliphatic heterocycles. The highest BCUT2D eigenvalue weighted by Crippen LogP contribution is 2.30. The van der Waals surface area contributed by atoms with E-state index in [2.05, 4.69) is 29.6 Å². The largest absolute Gasteiger partial charge is 0.466 e. The van der Waals surface area contributed by atoms with Crippen molar-refractivity contribution in [3.8, 4) is 0 Å². The van der Waals surface area contributed by atoms with E-state index < -0.39 is 0 Å². The summed E-state index contributed by atoms with van der Waals surface area (Å²) in [6.07, 6.45) is 0. The van der Waals surface area contributed by atoms with E-state index in [0.29, 0.717) is 0 Å². The first-order valence-corrected chi connectivity index (χ1v) is 6.62. The molecular formula is C16H19NO2. The van der Waals surface area contributed by atoms with Gasteiger partial charge in [0.15, 0.2) is 0 Å². The maximum Gasteiger partial charge on any atom is 0.106 e. The molecular weight excluding hydrogens is 238 g/mol. The number of ether oxygens (including phenoxy) is 1. The van der Waals surface area contributed by atoms with Gasteiger partial charge in [-0.05, 0) is 43.7 Å². The van der Waals surface area contributed by atoms with E-state index in [-0.39, 0.29) is 6.04 Å². The Bertz CT molecular complexity index is 601. The maximum absolute atomic E-state index is 5.65. The van der Waals surface area contributed by atoms with Crippen molar-refractivity contribution >= 4 is 0 Å². The highest BCUT2D eigenvalue weighted by atomic mass is 16.5. The minimum absolute atomic E-state index is 0.170. The topological polar surface area (TPSA) is 34.4 Å². The van der Waals surface area contributed by atoms with Gasteiger partial charge in [-0.25, -0.2) is 0 Å². The van der Waals surface area contributed by atoms with Crippen LogP contribution in [0.5, 0.6) is 0 Å². The van der Waals surface area contributed by atoms with Crippen LogP contribution >= 0.6 is 0 Å². The Hall–Kier alpha value is -1.58. The summed E-state index contributed by atoms with van der Waals surface area (Å²) in [7, 11) is 1.98. The number of nitrogens with one attached hydrogen (secondary N) is 1. The van der Waals surface area contributed by atoms with Gasteiger partial charge in [0.05, 0.1) is 19.3 Å². The number of benzene rings is 1. The van der Waals surface area contributed by atoms with Crippen molar-refractivity contribution in [1.29, 1.82) is 0 Å². The smallest absolute Gasteiger partial charge is 0.106 e. The molecule has 3 heteroatoms. The molecule has 3 rings (SSSR count). The normalized spacial score (nSPS) is 15.5. The lowest BCUT2D eigenvalue weighted by atomic mass is 9.96. The Morgan fingerprint density at radius 1 is 1.11 bits per heavy atom. The van der Waals surface area contributed by atoms with Gasteiger partial charge in [0, 0.05) is 5.56 Å². The zero-order valence-electron chi connectivity index (χ0n) is 11.6. The number of hydrogen-bond acceptors (Lipinski definition) is 3. The molecule has 1 atom stereocenters. The van der Waals surface area contributed by atoms with E-state index in [1.165, 1.54) is 22.3 Å². The lowest BCUT2D eigenvalue weighted by Crippen LogP contribution is -2.18. The summed E-state index contributed by atoms with van der Waals surface area (Å²) in [6.45, 7) is 5.47. The first-order valence-electron chi connectivity index (χ1n) is 6.62. The van der Waals surface area contributed by atoms with E-state index in [9.17, 15) is 0 Å². The molecule has 1 aromatic heterocycles. The number of aryl methyl sites for hydroxylation is 2. The van der Waals surface area contributed by atoms with Gasteiger partial charge in [-0.3, -0.25) is 0 Å². The molecule has 0 saturated carbocycles. The van der Waals surface area contributed by atoms with Gasteiger partial charge in [0.1, 0.15) is 11.5 Å². The summed E-state index contributed by atoms with van der Waals surface area (Å²) in [5, 5.41) is 3.38. The summed E-state index contributed by atoms with van der Waals surface area (Å²) in [5.41, 5.74) is 5.07. The van der Waals surface area contributed by atoms with Gasteiger partial charge < -0.3 is 14.5 Å². The van der Waals surface area contributed by atoms with Crippen LogP contribution in [0.25, 0.3) is 0 Å². The van der Waals surface area contributed by atoms with Gasteiger partial charge in [0.2, 0.25) is 0 Å². The zero-order chi connectivity index (χ0) is 13.4. The molecule has 100 valence electrons. The fourth-order valence-electron chi connectivity index (χ4n) is 2.81. The lowest BCUT2D eigenvalue weighted by Gasteiger charge is -2.17. The third-order valence-corrected chi connectivity index (χ3v) is 3.76. The molecule has 3 nitrogen and oxygen atoms in total. The molecule has 1 N–H and O–H groups in total. The second-order valence-electron chi connectivity index (χ2n) is 5.11. The van der Waals surface area contributed by atoms with E-state index in [4.69, 9.17) is 9.15 Å². The van der Waals surface area contributed by atoms with E-state index in [0.717, 1.165) is 24.7 Å². The van der Waals surface area contributed by atoms with Crippen LogP contribution in [-0.2, 0) is 18.0 Å². The molecule has 1 aliphatic rings. The Balaban J connectivity index is 2.00. The fraction of sp³-hybridized carbons (Fsp3) is 0.375. The van der Waals surface area contributed by atoms with Crippen molar-refractivity contribution in [3.05, 3.63) is 58.0 Å². The van der Waals surface area contributed by atoms with Crippen LogP contribution in [0.3, 0.4) is 0 Å². The van der Waals surface area contributed by atoms with Crippen LogP contribution in [0.2, 0.25) is 0 Å². The minimum Gasteiger partial charge on any atom is -0.466 e. The molecule has 19 heavy (non-hydrogen) atoms. The molecule has 0 saturated heterocycles. The van der Waals surface area contributed by atoms with Gasteiger partial charge in [0.25, 0.3) is 0 Å². The number of hydrogen-bond donors (Lipinski definition) is 1. The fourth-order valence-corrected chi connectivity index (χ4v) is 2.81. The van der Waals surface area contributed by atoms with Crippen LogP contribution in [0, 0.1) is 13.8 Å². The second kappa shape index (κ2) is 4.83. The molecule has 2 aromatic rings. The highest BCUT2D eigenvalue weighted by molar-refractivity contribution is 5.40. The van der Waals surface area contributed by atoms with Crippen LogP contribution < -0.4 is 5.32 Å². The summed E-state index contributed by atoms with van der Waals surface area (Å²) in [5.74, 6) is 1.94. The Kier molecular flexibility index (Phi) is 3.17. The van der Waals surface area contributed by atoms with Gasteiger partial charge in [-0.15, -0.1) is 0 Å². The summed E-state index contributed by atoms with van der Waals surface area (Å²) >= 11 is 0. The molecule has 0 radical (unpaired) electrons. The first kappa shape index (κ1) is 12.5. The maximum atomic E-state index is 5.65. The molecule has 0 amide bonds. The third-order valence-electron chi connectivity index (χ3n) is 3.76. The number of furan rings is 1. The van der Waals surface area contributed by atoms with E-state index in [1.807, 2.05) is 20.9 Å². The molecule has 0 aliphatic carbocycles. The third kappa shape index (κ3) is 2.20. The lowest BCUT2D eigenvalue weighted by molar-refractivity contribution is 0.134. The van der Waals surface area contributed by atoms with E-state index >= 15 is 0 Å². The number of fused-ring (bicyclic) bond motifs is 1. The monoisotopic (exact) mass is 257 g/mol. The molecule has 0 fully saturated rings. The zero-order valence-corrected chi connectivity index (χ0v) is 11.6. The van der Waals surface area contributed by atoms with Gasteiger partial charge in [-0.1, -0.05) is 18.2 Å². The Morgan fingerprint density at radius 2 is 1.89 bits per heavy atom. The quantitative estimate of drug-likeness (QED) is 0.916. The summed E-state index contributed by atoms with van der Waals surface area (Å²) in [4.78, 5) is 0. The molecule has 2 heterocycles. The Morgan fingerprint density at radius 3 is 2.58 bits per heavy atom. The van der Waals surface area contributed by atoms with Crippen molar-refractivity contribution in [2.45, 2.75) is 33.1 Å². The molecule has 1 unspecified atom stereocenters. The van der Waals surface area contributed by atoms with Crippen LogP contribution in [0.4, 0.5) is 0 Å². The van der Waals surface area contributed by atoms with Crippen molar-refractivity contribution < 1.29 is 9.15 Å². The molecule has 1 aromatic carbocycles. The second-order valence-corrected chi connectivity index (χ2v) is 5.11. The molecule has 0 spiro atoms. The van der Waals surface area contributed by atoms with Crippen molar-refractivity contribution in [2.24, 2.45) is 0 Å². The van der Waals surface area contributed by atoms with Crippen LogP contribution in [0.1, 0.15) is 39.8 Å². The average molecular weight is 257 g/mol. The van der Waals surface area contributed by atoms with Gasteiger partial charge >= 0.3 is 0 Å². The summed E-state index contributed by atoms with van der Waals surface area (Å²) in [6, 6.07) is 8.87. The van der Waals surface area contributed by atoms with Crippen LogP contribution in [-0.4, -0.2) is 7.05 Å². The van der Waals surface area contributed by atoms with Crippen molar-refractivity contribution in [1.82, 2.24) is 5.32 Å². The first-order chi connectivity index (χ1) is 9.19. The standard InChI is InChI=1S/C16H19NO2/c1-10-6-15(11(2)19-10)16(17-3)12-4-5-13-8-18-9-14(13)7-12/h4-7,16-17H,8-9H2,1-3H3. The predicted octanol–water partition coefficient (Wildman–Crippen LogP) is 3.24. The van der Waals surface area contributed by atoms with Crippen molar-refractivity contribution in [3.63, 3.8) is 0 Å². The summed E-state index contributed by atoms with van der Waals surface area (Å²) < 4.78 is 11.1. The van der Waals surface area contributed by atoms with Gasteiger partial charge in [-0.2, -0.15) is 0 Å². The van der Waals surface area contributed by atoms with E-state index in [1.54, 1.807) is 0 Å². The average Bonchev–Trinajstić information content (AvgIpc) is 2.97. The Labute approximate surface area is 113 Å². The highest BCUT2D eigenvalue weighted by Gasteiger charge is 2.20. The van der Waals surface area contributed by atoms with Crippen molar-refractivity contribution in [2.75, 3.05) is 7.05 Å². The van der Waals surface area contributed by atoms with Crippen LogP contribution in [0.15, 0.2) is 28.7 Å². The predicted molar refractivity (Wildman–Crippen MR) is 74.0 cm³/mol. The molecule has 0 bridgehead atoms. The number of rotatable bonds is 3.